The van der Waals surface area contributed by atoms with Crippen LogP contribution in [0.25, 0.3) is 0 Å². The van der Waals surface area contributed by atoms with E-state index < -0.39 is 0 Å². The van der Waals surface area contributed by atoms with Crippen LogP contribution in [0, 0.1) is 0 Å². The van der Waals surface area contributed by atoms with Gasteiger partial charge < -0.3 is 9.47 Å². The number of hydrogen-bond donors (Lipinski definition) is 0. The number of amides is 2. The smallest absolute Gasteiger partial charge is 0.314 e. The summed E-state index contributed by atoms with van der Waals surface area (Å²) in [5, 5.41) is 1.39. The van der Waals surface area contributed by atoms with Gasteiger partial charge in [0.1, 0.15) is 6.04 Å². The largest absolute Gasteiger partial charge is 0.345 e. The average Bonchev–Trinajstić information content (AvgIpc) is 2.95. The molecule has 0 aliphatic carbocycles. The van der Waals surface area contributed by atoms with E-state index in [4.69, 9.17) is 4.84 Å². The fourth-order valence-electron chi connectivity index (χ4n) is 3.05. The summed E-state index contributed by atoms with van der Waals surface area (Å²) in [6.45, 7) is 11.5. The Kier molecular flexibility index (Phi) is 4.41. The van der Waals surface area contributed by atoms with Crippen LogP contribution in [0.4, 0.5) is 4.79 Å². The van der Waals surface area contributed by atoms with E-state index in [9.17, 15) is 9.59 Å². The van der Waals surface area contributed by atoms with Gasteiger partial charge in [0.25, 0.3) is 0 Å². The molecule has 6 nitrogen and oxygen atoms in total. The minimum atomic E-state index is -0.189. The molecule has 1 atom stereocenters. The van der Waals surface area contributed by atoms with E-state index in [1.54, 1.807) is 11.0 Å². The molecule has 2 aliphatic heterocycles. The molecular weight excluding hydrogens is 314 g/mol. The average molecular weight is 335 g/mol. The molecule has 7 heteroatoms. The predicted molar refractivity (Wildman–Crippen MR) is 89.2 cm³/mol. The van der Waals surface area contributed by atoms with Crippen molar-refractivity contribution in [3.63, 3.8) is 0 Å². The highest BCUT2D eigenvalue weighted by molar-refractivity contribution is 7.09. The molecule has 0 N–H and O–H groups in total. The molecule has 0 spiro atoms. The van der Waals surface area contributed by atoms with Gasteiger partial charge in [0.2, 0.25) is 0 Å². The Balaban J connectivity index is 1.85. The zero-order valence-corrected chi connectivity index (χ0v) is 14.1. The fraction of sp³-hybridized carbons (Fsp3) is 0.500. The third-order valence-corrected chi connectivity index (χ3v) is 5.25. The van der Waals surface area contributed by atoms with Gasteiger partial charge in [0, 0.05) is 6.54 Å². The molecule has 0 radical (unpaired) electrons. The van der Waals surface area contributed by atoms with Crippen LogP contribution in [0.15, 0.2) is 29.6 Å². The number of hydroxylamine groups is 2. The number of rotatable bonds is 7. The van der Waals surface area contributed by atoms with Gasteiger partial charge in [-0.1, -0.05) is 23.0 Å². The second kappa shape index (κ2) is 6.33. The van der Waals surface area contributed by atoms with E-state index >= 15 is 0 Å². The van der Waals surface area contributed by atoms with E-state index in [0.717, 1.165) is 29.0 Å². The summed E-state index contributed by atoms with van der Waals surface area (Å²) in [5.41, 5.74) is 2.07. The number of thiazole rings is 1. The van der Waals surface area contributed by atoms with E-state index in [2.05, 4.69) is 13.2 Å². The fourth-order valence-corrected chi connectivity index (χ4v) is 4.15. The standard InChI is InChI=1S/C16H21N3O3S/c1-4-8-22-19-13-10-17(15(19)20)9-12-14(13)23-16(21)18(12)7-5-6-11(2)3/h4,13H,1-2,5-10H2,3H3. The lowest BCUT2D eigenvalue weighted by Crippen LogP contribution is -2.31. The van der Waals surface area contributed by atoms with Crippen LogP contribution in [-0.4, -0.2) is 33.7 Å². The molecule has 124 valence electrons. The highest BCUT2D eigenvalue weighted by Crippen LogP contribution is 2.39. The second-order valence-electron chi connectivity index (χ2n) is 5.98. The molecule has 1 fully saturated rings. The van der Waals surface area contributed by atoms with Crippen LogP contribution in [0.3, 0.4) is 0 Å². The number of urea groups is 1. The first kappa shape index (κ1) is 16.0. The van der Waals surface area contributed by atoms with E-state index in [1.165, 1.54) is 16.4 Å². The van der Waals surface area contributed by atoms with E-state index in [1.807, 2.05) is 11.5 Å². The third-order valence-electron chi connectivity index (χ3n) is 4.12. The molecule has 1 aromatic heterocycles. The second-order valence-corrected chi connectivity index (χ2v) is 6.97. The van der Waals surface area contributed by atoms with Crippen molar-refractivity contribution in [3.8, 4) is 0 Å². The van der Waals surface area contributed by atoms with Gasteiger partial charge in [0.05, 0.1) is 30.3 Å². The van der Waals surface area contributed by atoms with Crippen molar-refractivity contribution in [2.24, 2.45) is 0 Å². The maximum absolute atomic E-state index is 12.4. The van der Waals surface area contributed by atoms with Crippen molar-refractivity contribution < 1.29 is 9.63 Å². The Morgan fingerprint density at radius 3 is 2.96 bits per heavy atom. The highest BCUT2D eigenvalue weighted by Gasteiger charge is 2.46. The first-order valence-corrected chi connectivity index (χ1v) is 8.53. The molecule has 0 aromatic carbocycles. The number of fused-ring (bicyclic) bond motifs is 4. The van der Waals surface area contributed by atoms with Gasteiger partial charge in [-0.25, -0.2) is 4.79 Å². The highest BCUT2D eigenvalue weighted by atomic mass is 32.1. The van der Waals surface area contributed by atoms with Gasteiger partial charge in [-0.05, 0) is 19.8 Å². The van der Waals surface area contributed by atoms with Crippen molar-refractivity contribution in [1.29, 1.82) is 0 Å². The van der Waals surface area contributed by atoms with Crippen LogP contribution in [0.1, 0.15) is 36.4 Å². The van der Waals surface area contributed by atoms with Crippen molar-refractivity contribution in [2.75, 3.05) is 13.2 Å². The molecule has 2 aliphatic rings. The van der Waals surface area contributed by atoms with Gasteiger partial charge in [-0.15, -0.1) is 13.2 Å². The number of allylic oxidation sites excluding steroid dienone is 1. The number of carbonyl (C=O) groups is 1. The third kappa shape index (κ3) is 2.86. The molecule has 2 bridgehead atoms. The molecule has 1 aromatic rings. The maximum atomic E-state index is 12.4. The van der Waals surface area contributed by atoms with Crippen molar-refractivity contribution in [2.45, 2.75) is 38.9 Å². The molecule has 2 amide bonds. The van der Waals surface area contributed by atoms with Crippen LogP contribution in [0.5, 0.6) is 0 Å². The van der Waals surface area contributed by atoms with Crippen molar-refractivity contribution >= 4 is 17.4 Å². The maximum Gasteiger partial charge on any atom is 0.345 e. The Hall–Kier alpha value is -1.86. The minimum absolute atomic E-state index is 0.0431. The molecule has 3 rings (SSSR count). The number of aromatic nitrogens is 1. The van der Waals surface area contributed by atoms with Crippen LogP contribution >= 0.6 is 11.3 Å². The lowest BCUT2D eigenvalue weighted by atomic mass is 10.1. The summed E-state index contributed by atoms with van der Waals surface area (Å²) in [7, 11) is 0. The van der Waals surface area contributed by atoms with Crippen LogP contribution in [-0.2, 0) is 17.9 Å². The summed E-state index contributed by atoms with van der Waals surface area (Å²) in [4.78, 5) is 32.9. The van der Waals surface area contributed by atoms with Crippen LogP contribution < -0.4 is 4.87 Å². The Bertz CT molecular complexity index is 706. The molecule has 3 heterocycles. The number of carbonyl (C=O) groups excluding carboxylic acids is 1. The van der Waals surface area contributed by atoms with Gasteiger partial charge in [-0.2, -0.15) is 5.06 Å². The Morgan fingerprint density at radius 1 is 1.48 bits per heavy atom. The summed E-state index contributed by atoms with van der Waals surface area (Å²) in [6.07, 6.45) is 3.39. The van der Waals surface area contributed by atoms with Crippen LogP contribution in [0.2, 0.25) is 0 Å². The molecule has 1 saturated heterocycles. The molecule has 23 heavy (non-hydrogen) atoms. The zero-order chi connectivity index (χ0) is 16.6. The van der Waals surface area contributed by atoms with Gasteiger partial charge in [0.15, 0.2) is 0 Å². The minimum Gasteiger partial charge on any atom is -0.314 e. The van der Waals surface area contributed by atoms with E-state index in [0.29, 0.717) is 19.6 Å². The van der Waals surface area contributed by atoms with E-state index in [-0.39, 0.29) is 23.6 Å². The van der Waals surface area contributed by atoms with Crippen molar-refractivity contribution in [3.05, 3.63) is 45.0 Å². The number of nitrogens with zero attached hydrogens (tertiary/aromatic N) is 3. The quantitative estimate of drug-likeness (QED) is 0.720. The SMILES string of the molecule is C=CCON1C(=O)N2Cc3c(sc(=O)n3CCCC(=C)C)C1C2. The number of hydrogen-bond acceptors (Lipinski definition) is 4. The zero-order valence-electron chi connectivity index (χ0n) is 13.3. The summed E-state index contributed by atoms with van der Waals surface area (Å²) >= 11 is 1.23. The monoisotopic (exact) mass is 335 g/mol. The molecule has 1 unspecified atom stereocenters. The summed E-state index contributed by atoms with van der Waals surface area (Å²) in [5.74, 6) is 0. The Labute approximate surface area is 139 Å². The summed E-state index contributed by atoms with van der Waals surface area (Å²) < 4.78 is 1.81. The van der Waals surface area contributed by atoms with Crippen molar-refractivity contribution in [1.82, 2.24) is 14.5 Å². The van der Waals surface area contributed by atoms with Gasteiger partial charge in [-0.3, -0.25) is 9.63 Å². The first-order chi connectivity index (χ1) is 11.0. The Morgan fingerprint density at radius 2 is 2.26 bits per heavy atom. The molecule has 0 saturated carbocycles. The lowest BCUT2D eigenvalue weighted by Gasteiger charge is -2.23. The van der Waals surface area contributed by atoms with Gasteiger partial charge >= 0.3 is 10.9 Å². The normalized spacial score (nSPS) is 19.2. The topological polar surface area (TPSA) is 54.8 Å². The predicted octanol–water partition coefficient (Wildman–Crippen LogP) is 2.68. The lowest BCUT2D eigenvalue weighted by molar-refractivity contribution is -0.118. The first-order valence-electron chi connectivity index (χ1n) is 7.71. The molecular formula is C16H21N3O3S. The summed E-state index contributed by atoms with van der Waals surface area (Å²) in [6, 6.07) is -0.326.